The molecule has 7 nitrogen and oxygen atoms in total. The van der Waals surface area contributed by atoms with Crippen LogP contribution in [0.1, 0.15) is 24.6 Å². The quantitative estimate of drug-likeness (QED) is 0.729. The Bertz CT molecular complexity index is 798. The van der Waals surface area contributed by atoms with Crippen molar-refractivity contribution in [3.05, 3.63) is 42.0 Å². The van der Waals surface area contributed by atoms with Crippen molar-refractivity contribution < 1.29 is 9.05 Å². The van der Waals surface area contributed by atoms with Crippen LogP contribution in [0.15, 0.2) is 39.4 Å². The first kappa shape index (κ1) is 14.9. The van der Waals surface area contributed by atoms with Gasteiger partial charge in [-0.2, -0.15) is 9.97 Å². The molecule has 0 saturated carbocycles. The zero-order valence-corrected chi connectivity index (χ0v) is 13.6. The average Bonchev–Trinajstić information content (AvgIpc) is 3.25. The number of hydrogen-bond acceptors (Lipinski definition) is 7. The van der Waals surface area contributed by atoms with E-state index in [1.807, 2.05) is 37.3 Å². The van der Waals surface area contributed by atoms with E-state index in [1.165, 1.54) is 0 Å². The molecule has 24 heavy (non-hydrogen) atoms. The van der Waals surface area contributed by atoms with E-state index >= 15 is 0 Å². The Morgan fingerprint density at radius 2 is 2.00 bits per heavy atom. The highest BCUT2D eigenvalue weighted by Crippen LogP contribution is 2.25. The summed E-state index contributed by atoms with van der Waals surface area (Å²) in [6, 6.07) is 9.82. The first-order valence-electron chi connectivity index (χ1n) is 8.21. The lowest BCUT2D eigenvalue weighted by Gasteiger charge is -2.31. The van der Waals surface area contributed by atoms with E-state index in [-0.39, 0.29) is 0 Å². The van der Waals surface area contributed by atoms with Gasteiger partial charge in [0, 0.05) is 32.0 Å². The van der Waals surface area contributed by atoms with Crippen LogP contribution in [-0.2, 0) is 6.42 Å². The van der Waals surface area contributed by atoms with E-state index in [4.69, 9.17) is 9.05 Å². The highest BCUT2D eigenvalue weighted by atomic mass is 16.5. The minimum atomic E-state index is 0.467. The summed E-state index contributed by atoms with van der Waals surface area (Å²) in [6.07, 6.45) is 3.06. The van der Waals surface area contributed by atoms with Crippen LogP contribution in [0.4, 0.5) is 5.95 Å². The number of hydrogen-bond donors (Lipinski definition) is 0. The van der Waals surface area contributed by atoms with Crippen LogP contribution in [0.2, 0.25) is 0 Å². The summed E-state index contributed by atoms with van der Waals surface area (Å²) >= 11 is 0. The van der Waals surface area contributed by atoms with Crippen molar-refractivity contribution in [3.63, 3.8) is 0 Å². The summed E-state index contributed by atoms with van der Waals surface area (Å²) in [4.78, 5) is 11.0. The third-order valence-corrected chi connectivity index (χ3v) is 4.28. The molecule has 0 radical (unpaired) electrons. The van der Waals surface area contributed by atoms with Crippen molar-refractivity contribution in [1.29, 1.82) is 0 Å². The molecular formula is C17H19N5O2. The molecule has 1 aliphatic rings. The number of nitrogens with zero attached hydrogens (tertiary/aromatic N) is 5. The lowest BCUT2D eigenvalue weighted by molar-refractivity contribution is 0.366. The molecule has 1 atom stereocenters. The van der Waals surface area contributed by atoms with Gasteiger partial charge in [-0.1, -0.05) is 23.4 Å². The van der Waals surface area contributed by atoms with E-state index in [1.54, 1.807) is 0 Å². The van der Waals surface area contributed by atoms with Gasteiger partial charge >= 0.3 is 0 Å². The molecule has 0 aliphatic carbocycles. The van der Waals surface area contributed by atoms with Crippen LogP contribution in [0.3, 0.4) is 0 Å². The number of aryl methyl sites for hydroxylation is 1. The summed E-state index contributed by atoms with van der Waals surface area (Å²) in [5.74, 6) is 3.07. The van der Waals surface area contributed by atoms with Crippen LogP contribution in [0.25, 0.3) is 11.5 Å². The fourth-order valence-electron chi connectivity index (χ4n) is 3.14. The van der Waals surface area contributed by atoms with Crippen molar-refractivity contribution in [2.24, 2.45) is 5.92 Å². The van der Waals surface area contributed by atoms with E-state index in [0.29, 0.717) is 23.6 Å². The highest BCUT2D eigenvalue weighted by molar-refractivity contribution is 5.54. The largest absolute Gasteiger partial charge is 0.340 e. The Labute approximate surface area is 139 Å². The molecule has 2 aromatic heterocycles. The van der Waals surface area contributed by atoms with Gasteiger partial charge in [-0.05, 0) is 36.0 Å². The van der Waals surface area contributed by atoms with Gasteiger partial charge in [-0.25, -0.2) is 0 Å². The fourth-order valence-corrected chi connectivity index (χ4v) is 3.14. The van der Waals surface area contributed by atoms with E-state index in [0.717, 1.165) is 43.7 Å². The topological polar surface area (TPSA) is 81.1 Å². The van der Waals surface area contributed by atoms with Crippen LogP contribution in [-0.4, -0.2) is 33.4 Å². The molecule has 1 aromatic carbocycles. The number of aromatic nitrogens is 4. The van der Waals surface area contributed by atoms with Crippen molar-refractivity contribution in [2.75, 3.05) is 18.0 Å². The lowest BCUT2D eigenvalue weighted by Crippen LogP contribution is -2.37. The summed E-state index contributed by atoms with van der Waals surface area (Å²) in [7, 11) is 0. The summed E-state index contributed by atoms with van der Waals surface area (Å²) in [5, 5.41) is 8.15. The Kier molecular flexibility index (Phi) is 3.98. The molecule has 7 heteroatoms. The second kappa shape index (κ2) is 6.43. The maximum atomic E-state index is 5.42. The maximum Gasteiger partial charge on any atom is 0.266 e. The summed E-state index contributed by atoms with van der Waals surface area (Å²) in [6.45, 7) is 3.63. The molecule has 1 unspecified atom stereocenters. The summed E-state index contributed by atoms with van der Waals surface area (Å²) < 4.78 is 10.5. The standard InChI is InChI=1S/C17H19N5O2/c1-12-18-15(20-23-12)10-13-6-5-9-22(11-13)17-19-16(24-21-17)14-7-3-2-4-8-14/h2-4,7-8,13H,5-6,9-11H2,1H3. The predicted molar refractivity (Wildman–Crippen MR) is 87.4 cm³/mol. The third-order valence-electron chi connectivity index (χ3n) is 4.28. The van der Waals surface area contributed by atoms with E-state index in [2.05, 4.69) is 25.2 Å². The molecule has 124 valence electrons. The van der Waals surface area contributed by atoms with Crippen molar-refractivity contribution >= 4 is 5.95 Å². The Morgan fingerprint density at radius 3 is 2.79 bits per heavy atom. The van der Waals surface area contributed by atoms with Crippen molar-refractivity contribution in [1.82, 2.24) is 20.3 Å². The molecule has 4 rings (SSSR count). The average molecular weight is 325 g/mol. The Balaban J connectivity index is 1.45. The zero-order valence-electron chi connectivity index (χ0n) is 13.6. The molecule has 1 saturated heterocycles. The van der Waals surface area contributed by atoms with Crippen LogP contribution in [0.5, 0.6) is 0 Å². The minimum absolute atomic E-state index is 0.467. The van der Waals surface area contributed by atoms with Crippen molar-refractivity contribution in [2.45, 2.75) is 26.2 Å². The van der Waals surface area contributed by atoms with Crippen LogP contribution in [0, 0.1) is 12.8 Å². The maximum absolute atomic E-state index is 5.42. The zero-order chi connectivity index (χ0) is 16.4. The molecule has 0 amide bonds. The van der Waals surface area contributed by atoms with E-state index in [9.17, 15) is 0 Å². The normalized spacial score (nSPS) is 18.0. The van der Waals surface area contributed by atoms with Crippen LogP contribution < -0.4 is 4.90 Å². The van der Waals surface area contributed by atoms with Gasteiger partial charge in [0.2, 0.25) is 5.89 Å². The lowest BCUT2D eigenvalue weighted by atomic mass is 9.95. The van der Waals surface area contributed by atoms with Crippen LogP contribution >= 0.6 is 0 Å². The number of piperidine rings is 1. The second-order valence-corrected chi connectivity index (χ2v) is 6.15. The highest BCUT2D eigenvalue weighted by Gasteiger charge is 2.25. The van der Waals surface area contributed by atoms with Crippen molar-refractivity contribution in [3.8, 4) is 11.5 Å². The molecule has 1 aliphatic heterocycles. The van der Waals surface area contributed by atoms with Gasteiger partial charge in [0.15, 0.2) is 5.82 Å². The Hall–Kier alpha value is -2.70. The van der Waals surface area contributed by atoms with Gasteiger partial charge in [-0.3, -0.25) is 0 Å². The SMILES string of the molecule is Cc1nc(CC2CCCN(c3noc(-c4ccccc4)n3)C2)no1. The smallest absolute Gasteiger partial charge is 0.266 e. The Morgan fingerprint density at radius 1 is 1.12 bits per heavy atom. The number of benzene rings is 1. The molecule has 0 N–H and O–H groups in total. The minimum Gasteiger partial charge on any atom is -0.340 e. The molecule has 3 aromatic rings. The first-order valence-corrected chi connectivity index (χ1v) is 8.21. The fraction of sp³-hybridized carbons (Fsp3) is 0.412. The molecule has 3 heterocycles. The number of rotatable bonds is 4. The molecule has 0 spiro atoms. The first-order chi connectivity index (χ1) is 11.8. The van der Waals surface area contributed by atoms with E-state index < -0.39 is 0 Å². The molecular weight excluding hydrogens is 306 g/mol. The second-order valence-electron chi connectivity index (χ2n) is 6.15. The van der Waals surface area contributed by atoms with Gasteiger partial charge in [0.1, 0.15) is 0 Å². The monoisotopic (exact) mass is 325 g/mol. The van der Waals surface area contributed by atoms with Gasteiger partial charge in [0.05, 0.1) is 0 Å². The van der Waals surface area contributed by atoms with Gasteiger partial charge in [0.25, 0.3) is 11.8 Å². The molecule has 0 bridgehead atoms. The predicted octanol–water partition coefficient (Wildman–Crippen LogP) is 2.89. The molecule has 1 fully saturated rings. The van der Waals surface area contributed by atoms with Gasteiger partial charge < -0.3 is 13.9 Å². The van der Waals surface area contributed by atoms with Gasteiger partial charge in [-0.15, -0.1) is 0 Å². The third kappa shape index (κ3) is 3.15. The number of anilines is 1. The summed E-state index contributed by atoms with van der Waals surface area (Å²) in [5.41, 5.74) is 0.937.